The number of aromatic nitrogens is 2. The molecule has 1 N–H and O–H groups in total. The molecule has 0 radical (unpaired) electrons. The predicted octanol–water partition coefficient (Wildman–Crippen LogP) is 1.52. The van der Waals surface area contributed by atoms with Crippen LogP contribution >= 0.6 is 23.4 Å². The third-order valence-electron chi connectivity index (χ3n) is 1.14. The molecule has 0 unspecified atom stereocenters. The highest BCUT2D eigenvalue weighted by Crippen LogP contribution is 2.16. The fourth-order valence-corrected chi connectivity index (χ4v) is 1.71. The average Bonchev–Trinajstić information content (AvgIpc) is 1.99. The molecular weight excluding hydrogens is 196 g/mol. The maximum Gasteiger partial charge on any atom is 0.223 e. The molecule has 0 saturated heterocycles. The van der Waals surface area contributed by atoms with Gasteiger partial charge in [-0.2, -0.15) is 0 Å². The molecule has 12 heavy (non-hydrogen) atoms. The summed E-state index contributed by atoms with van der Waals surface area (Å²) in [5.41, 5.74) is 0.843. The van der Waals surface area contributed by atoms with Crippen molar-refractivity contribution in [1.29, 1.82) is 0 Å². The molecule has 0 aromatic carbocycles. The van der Waals surface area contributed by atoms with E-state index in [1.807, 2.05) is 13.0 Å². The quantitative estimate of drug-likeness (QED) is 0.461. The van der Waals surface area contributed by atoms with Crippen molar-refractivity contribution >= 4 is 23.4 Å². The van der Waals surface area contributed by atoms with Gasteiger partial charge >= 0.3 is 0 Å². The fourth-order valence-electron chi connectivity index (χ4n) is 0.729. The Morgan fingerprint density at radius 3 is 2.92 bits per heavy atom. The molecule has 1 heterocycles. The van der Waals surface area contributed by atoms with Crippen LogP contribution in [0.4, 0.5) is 0 Å². The normalized spacial score (nSPS) is 10.2. The smallest absolute Gasteiger partial charge is 0.223 e. The fraction of sp³-hybridized carbons (Fsp3) is 0.429. The molecule has 0 aliphatic rings. The maximum atomic E-state index is 8.57. The molecule has 0 aliphatic heterocycles. The minimum Gasteiger partial charge on any atom is -0.396 e. The second-order valence-electron chi connectivity index (χ2n) is 2.19. The zero-order valence-electron chi connectivity index (χ0n) is 6.62. The SMILES string of the molecule is Cc1cc(SCCO)nc(Cl)n1. The second-order valence-corrected chi connectivity index (χ2v) is 3.64. The molecular formula is C7H9ClN2OS. The monoisotopic (exact) mass is 204 g/mol. The van der Waals surface area contributed by atoms with Crippen LogP contribution in [0.25, 0.3) is 0 Å². The Labute approximate surface area is 80.2 Å². The molecule has 0 atom stereocenters. The number of thioether (sulfide) groups is 1. The lowest BCUT2D eigenvalue weighted by atomic mass is 10.5. The van der Waals surface area contributed by atoms with Crippen molar-refractivity contribution in [2.45, 2.75) is 11.9 Å². The van der Waals surface area contributed by atoms with Crippen LogP contribution in [0.3, 0.4) is 0 Å². The van der Waals surface area contributed by atoms with Crippen LogP contribution in [0, 0.1) is 6.92 Å². The highest BCUT2D eigenvalue weighted by Gasteiger charge is 1.99. The van der Waals surface area contributed by atoms with Gasteiger partial charge in [0.2, 0.25) is 5.28 Å². The van der Waals surface area contributed by atoms with Crippen molar-refractivity contribution in [1.82, 2.24) is 9.97 Å². The molecule has 0 aliphatic carbocycles. The van der Waals surface area contributed by atoms with Crippen LogP contribution in [-0.2, 0) is 0 Å². The lowest BCUT2D eigenvalue weighted by Gasteiger charge is -1.99. The number of nitrogens with zero attached hydrogens (tertiary/aromatic N) is 2. The highest BCUT2D eigenvalue weighted by atomic mass is 35.5. The molecule has 0 saturated carbocycles. The first-order chi connectivity index (χ1) is 5.72. The summed E-state index contributed by atoms with van der Waals surface area (Å²) in [7, 11) is 0. The van der Waals surface area contributed by atoms with Crippen LogP contribution in [0.1, 0.15) is 5.69 Å². The number of rotatable bonds is 3. The zero-order chi connectivity index (χ0) is 8.97. The van der Waals surface area contributed by atoms with E-state index >= 15 is 0 Å². The topological polar surface area (TPSA) is 46.0 Å². The molecule has 1 aromatic heterocycles. The highest BCUT2D eigenvalue weighted by molar-refractivity contribution is 7.99. The first kappa shape index (κ1) is 9.77. The van der Waals surface area contributed by atoms with Gasteiger partial charge in [-0.1, -0.05) is 0 Å². The molecule has 3 nitrogen and oxygen atoms in total. The van der Waals surface area contributed by atoms with Crippen molar-refractivity contribution < 1.29 is 5.11 Å². The number of halogens is 1. The first-order valence-corrected chi connectivity index (χ1v) is 4.83. The van der Waals surface area contributed by atoms with Gasteiger partial charge in [0.15, 0.2) is 0 Å². The largest absolute Gasteiger partial charge is 0.396 e. The van der Waals surface area contributed by atoms with Crippen LogP contribution in [0.2, 0.25) is 5.28 Å². The summed E-state index contributed by atoms with van der Waals surface area (Å²) in [6, 6.07) is 1.84. The van der Waals surface area contributed by atoms with Gasteiger partial charge in [-0.15, -0.1) is 11.8 Å². The van der Waals surface area contributed by atoms with E-state index in [9.17, 15) is 0 Å². The predicted molar refractivity (Wildman–Crippen MR) is 49.6 cm³/mol. The average molecular weight is 205 g/mol. The van der Waals surface area contributed by atoms with Gasteiger partial charge in [-0.05, 0) is 24.6 Å². The number of hydrogen-bond donors (Lipinski definition) is 1. The van der Waals surface area contributed by atoms with E-state index in [1.54, 1.807) is 0 Å². The summed E-state index contributed by atoms with van der Waals surface area (Å²) in [5, 5.41) is 9.64. The Bertz CT molecular complexity index is 249. The van der Waals surface area contributed by atoms with Gasteiger partial charge in [0.05, 0.1) is 6.61 Å². The summed E-state index contributed by atoms with van der Waals surface area (Å²) >= 11 is 7.09. The van der Waals surface area contributed by atoms with Crippen molar-refractivity contribution in [3.63, 3.8) is 0 Å². The standard InChI is InChI=1S/C7H9ClN2OS/c1-5-4-6(12-3-2-11)10-7(8)9-5/h4,11H,2-3H2,1H3. The minimum atomic E-state index is 0.144. The summed E-state index contributed by atoms with van der Waals surface area (Å²) in [6.45, 7) is 2.00. The first-order valence-electron chi connectivity index (χ1n) is 3.47. The van der Waals surface area contributed by atoms with Crippen molar-refractivity contribution in [2.75, 3.05) is 12.4 Å². The Morgan fingerprint density at radius 2 is 2.33 bits per heavy atom. The molecule has 0 fully saturated rings. The van der Waals surface area contributed by atoms with E-state index in [2.05, 4.69) is 9.97 Å². The summed E-state index contributed by atoms with van der Waals surface area (Å²) in [4.78, 5) is 7.90. The Kier molecular flexibility index (Phi) is 3.78. The second kappa shape index (κ2) is 4.64. The van der Waals surface area contributed by atoms with Crippen LogP contribution in [0.5, 0.6) is 0 Å². The van der Waals surface area contributed by atoms with Gasteiger partial charge in [0.25, 0.3) is 0 Å². The molecule has 0 spiro atoms. The van der Waals surface area contributed by atoms with Crippen LogP contribution < -0.4 is 0 Å². The Hall–Kier alpha value is -0.320. The Morgan fingerprint density at radius 1 is 1.58 bits per heavy atom. The molecule has 0 amide bonds. The molecule has 1 rings (SSSR count). The number of aryl methyl sites for hydroxylation is 1. The number of aliphatic hydroxyl groups is 1. The maximum absolute atomic E-state index is 8.57. The summed E-state index contributed by atoms with van der Waals surface area (Å²) in [6.07, 6.45) is 0. The lowest BCUT2D eigenvalue weighted by molar-refractivity contribution is 0.322. The Balaban J connectivity index is 2.72. The van der Waals surface area contributed by atoms with Crippen LogP contribution in [-0.4, -0.2) is 27.4 Å². The van der Waals surface area contributed by atoms with E-state index in [0.717, 1.165) is 10.7 Å². The van der Waals surface area contributed by atoms with Crippen molar-refractivity contribution in [3.8, 4) is 0 Å². The van der Waals surface area contributed by atoms with Gasteiger partial charge in [0, 0.05) is 11.4 Å². The van der Waals surface area contributed by atoms with E-state index in [-0.39, 0.29) is 11.9 Å². The number of aliphatic hydroxyl groups excluding tert-OH is 1. The van der Waals surface area contributed by atoms with E-state index in [1.165, 1.54) is 11.8 Å². The van der Waals surface area contributed by atoms with E-state index in [0.29, 0.717) is 5.75 Å². The summed E-state index contributed by atoms with van der Waals surface area (Å²) in [5.74, 6) is 0.632. The third-order valence-corrected chi connectivity index (χ3v) is 2.21. The van der Waals surface area contributed by atoms with Gasteiger partial charge in [-0.25, -0.2) is 9.97 Å². The van der Waals surface area contributed by atoms with Crippen LogP contribution in [0.15, 0.2) is 11.1 Å². The van der Waals surface area contributed by atoms with Gasteiger partial charge < -0.3 is 5.11 Å². The third kappa shape index (κ3) is 2.97. The van der Waals surface area contributed by atoms with Crippen molar-refractivity contribution in [2.24, 2.45) is 0 Å². The van der Waals surface area contributed by atoms with Gasteiger partial charge in [-0.3, -0.25) is 0 Å². The van der Waals surface area contributed by atoms with Gasteiger partial charge in [0.1, 0.15) is 5.03 Å². The molecule has 66 valence electrons. The van der Waals surface area contributed by atoms with E-state index < -0.39 is 0 Å². The molecule has 0 bridgehead atoms. The minimum absolute atomic E-state index is 0.144. The molecule has 1 aromatic rings. The summed E-state index contributed by atoms with van der Waals surface area (Å²) < 4.78 is 0. The lowest BCUT2D eigenvalue weighted by Crippen LogP contribution is -1.91. The number of hydrogen-bond acceptors (Lipinski definition) is 4. The molecule has 5 heteroatoms. The van der Waals surface area contributed by atoms with Crippen molar-refractivity contribution in [3.05, 3.63) is 17.0 Å². The van der Waals surface area contributed by atoms with E-state index in [4.69, 9.17) is 16.7 Å². The zero-order valence-corrected chi connectivity index (χ0v) is 8.19.